The van der Waals surface area contributed by atoms with Gasteiger partial charge in [0.2, 0.25) is 0 Å². The first-order valence-electron chi connectivity index (χ1n) is 18.8. The number of rotatable bonds is 6. The third kappa shape index (κ3) is 5.45. The van der Waals surface area contributed by atoms with Crippen molar-refractivity contribution in [1.29, 1.82) is 0 Å². The number of benzene rings is 8. The van der Waals surface area contributed by atoms with E-state index in [0.29, 0.717) is 17.5 Å². The second kappa shape index (κ2) is 13.0. The Morgan fingerprint density at radius 2 is 0.786 bits per heavy atom. The van der Waals surface area contributed by atoms with Gasteiger partial charge in [-0.25, -0.2) is 15.0 Å². The Morgan fingerprint density at radius 1 is 0.304 bits per heavy atom. The number of hydrogen-bond donors (Lipinski definition) is 0. The van der Waals surface area contributed by atoms with Gasteiger partial charge in [-0.3, -0.25) is 0 Å². The van der Waals surface area contributed by atoms with E-state index in [2.05, 4.69) is 168 Å². The van der Waals surface area contributed by atoms with Crippen LogP contribution in [0.2, 0.25) is 0 Å². The molecule has 0 N–H and O–H groups in total. The van der Waals surface area contributed by atoms with Crippen LogP contribution < -0.4 is 0 Å². The minimum atomic E-state index is 0.578. The Hall–Kier alpha value is -7.63. The highest BCUT2D eigenvalue weighted by Gasteiger charge is 2.17. The fourth-order valence-electron chi connectivity index (χ4n) is 7.93. The summed E-state index contributed by atoms with van der Waals surface area (Å²) in [5, 5.41) is 4.58. The van der Waals surface area contributed by atoms with Gasteiger partial charge in [-0.2, -0.15) is 0 Å². The smallest absolute Gasteiger partial charge is 0.164 e. The molecule has 0 aliphatic rings. The van der Waals surface area contributed by atoms with Gasteiger partial charge in [0.25, 0.3) is 0 Å². The number of hydrogen-bond acceptors (Lipinski definition) is 4. The zero-order valence-corrected chi connectivity index (χ0v) is 30.2. The quantitative estimate of drug-likeness (QED) is 0.172. The molecule has 11 rings (SSSR count). The molecule has 3 aromatic heterocycles. The van der Waals surface area contributed by atoms with Crippen molar-refractivity contribution in [2.24, 2.45) is 0 Å². The summed E-state index contributed by atoms with van der Waals surface area (Å²) in [4.78, 5) is 15.4. The van der Waals surface area contributed by atoms with Crippen molar-refractivity contribution in [1.82, 2.24) is 19.5 Å². The third-order valence-corrected chi connectivity index (χ3v) is 10.7. The van der Waals surface area contributed by atoms with Gasteiger partial charge in [0, 0.05) is 43.9 Å². The van der Waals surface area contributed by atoms with Crippen LogP contribution in [0.4, 0.5) is 0 Å². The minimum Gasteiger partial charge on any atom is -0.456 e. The van der Waals surface area contributed by atoms with Crippen LogP contribution in [0.25, 0.3) is 106 Å². The van der Waals surface area contributed by atoms with Crippen molar-refractivity contribution in [3.8, 4) is 62.1 Å². The van der Waals surface area contributed by atoms with Gasteiger partial charge in [-0.05, 0) is 70.8 Å². The molecule has 0 spiro atoms. The highest BCUT2D eigenvalue weighted by molar-refractivity contribution is 6.09. The molecule has 0 saturated carbocycles. The van der Waals surface area contributed by atoms with Gasteiger partial charge >= 0.3 is 0 Å². The molecular formula is C51H32N4O. The van der Waals surface area contributed by atoms with Crippen LogP contribution in [-0.4, -0.2) is 19.5 Å². The summed E-state index contributed by atoms with van der Waals surface area (Å²) < 4.78 is 8.61. The van der Waals surface area contributed by atoms with Crippen LogP contribution in [0.1, 0.15) is 0 Å². The molecule has 0 fully saturated rings. The van der Waals surface area contributed by atoms with Gasteiger partial charge in [0.05, 0.1) is 11.0 Å². The van der Waals surface area contributed by atoms with Crippen molar-refractivity contribution in [2.75, 3.05) is 0 Å². The number of furan rings is 1. The average molecular weight is 717 g/mol. The fraction of sp³-hybridized carbons (Fsp3) is 0. The molecule has 5 heteroatoms. The highest BCUT2D eigenvalue weighted by atomic mass is 16.3. The summed E-state index contributed by atoms with van der Waals surface area (Å²) in [6.45, 7) is 0. The SMILES string of the molecule is c1ccc(-c2cccc(-c3ccc(-c4nc(-c5cccc(-n6c7ccccc7c7ccccc76)c5)nc(-c5ccc6c(c5)oc5ccccc56)n4)cc3)c2)cc1. The molecule has 3 heterocycles. The monoisotopic (exact) mass is 716 g/mol. The molecule has 0 aliphatic heterocycles. The summed E-state index contributed by atoms with van der Waals surface area (Å²) >= 11 is 0. The molecule has 0 atom stereocenters. The van der Waals surface area contributed by atoms with E-state index in [9.17, 15) is 0 Å². The molecule has 11 aromatic rings. The molecule has 0 radical (unpaired) electrons. The lowest BCUT2D eigenvalue weighted by atomic mass is 9.98. The molecule has 56 heavy (non-hydrogen) atoms. The maximum Gasteiger partial charge on any atom is 0.164 e. The lowest BCUT2D eigenvalue weighted by molar-refractivity contribution is 0.669. The lowest BCUT2D eigenvalue weighted by Crippen LogP contribution is -2.01. The lowest BCUT2D eigenvalue weighted by Gasteiger charge is -2.12. The van der Waals surface area contributed by atoms with E-state index in [-0.39, 0.29) is 0 Å². The normalized spacial score (nSPS) is 11.6. The van der Waals surface area contributed by atoms with Crippen LogP contribution in [0.15, 0.2) is 199 Å². The molecule has 0 saturated heterocycles. The topological polar surface area (TPSA) is 56.7 Å². The number of fused-ring (bicyclic) bond motifs is 6. The maximum absolute atomic E-state index is 6.29. The van der Waals surface area contributed by atoms with E-state index in [1.165, 1.54) is 21.9 Å². The van der Waals surface area contributed by atoms with Gasteiger partial charge in [0.15, 0.2) is 17.5 Å². The Bertz CT molecular complexity index is 3200. The van der Waals surface area contributed by atoms with Crippen molar-refractivity contribution in [3.63, 3.8) is 0 Å². The minimum absolute atomic E-state index is 0.578. The number of aromatic nitrogens is 4. The van der Waals surface area contributed by atoms with Gasteiger partial charge in [-0.15, -0.1) is 0 Å². The van der Waals surface area contributed by atoms with Gasteiger partial charge in [-0.1, -0.05) is 146 Å². The number of para-hydroxylation sites is 3. The van der Waals surface area contributed by atoms with Crippen molar-refractivity contribution >= 4 is 43.7 Å². The molecule has 8 aromatic carbocycles. The van der Waals surface area contributed by atoms with Crippen LogP contribution in [0.5, 0.6) is 0 Å². The van der Waals surface area contributed by atoms with Crippen LogP contribution in [-0.2, 0) is 0 Å². The predicted molar refractivity (Wildman–Crippen MR) is 229 cm³/mol. The molecule has 262 valence electrons. The zero-order chi connectivity index (χ0) is 37.0. The first kappa shape index (κ1) is 31.9. The third-order valence-electron chi connectivity index (χ3n) is 10.7. The molecule has 0 bridgehead atoms. The van der Waals surface area contributed by atoms with E-state index < -0.39 is 0 Å². The molecule has 5 nitrogen and oxygen atoms in total. The summed E-state index contributed by atoms with van der Waals surface area (Å²) in [6.07, 6.45) is 0. The van der Waals surface area contributed by atoms with E-state index in [1.807, 2.05) is 30.3 Å². The van der Waals surface area contributed by atoms with Crippen LogP contribution in [0, 0.1) is 0 Å². The van der Waals surface area contributed by atoms with Crippen LogP contribution in [0.3, 0.4) is 0 Å². The van der Waals surface area contributed by atoms with Gasteiger partial charge in [0.1, 0.15) is 11.2 Å². The second-order valence-corrected chi connectivity index (χ2v) is 14.1. The first-order chi connectivity index (χ1) is 27.7. The molecule has 0 aliphatic carbocycles. The molecular weight excluding hydrogens is 685 g/mol. The van der Waals surface area contributed by atoms with E-state index >= 15 is 0 Å². The van der Waals surface area contributed by atoms with Gasteiger partial charge < -0.3 is 8.98 Å². The van der Waals surface area contributed by atoms with Crippen molar-refractivity contribution in [3.05, 3.63) is 194 Å². The van der Waals surface area contributed by atoms with Crippen LogP contribution >= 0.6 is 0 Å². The summed E-state index contributed by atoms with van der Waals surface area (Å²) in [7, 11) is 0. The predicted octanol–water partition coefficient (Wildman–Crippen LogP) is 13.2. The van der Waals surface area contributed by atoms with E-state index in [1.54, 1.807) is 0 Å². The average Bonchev–Trinajstić information content (AvgIpc) is 3.82. The Balaban J connectivity index is 1.04. The maximum atomic E-state index is 6.29. The standard InChI is InChI=1S/C51H32N4O/c1-2-12-33(13-3-1)36-14-10-15-37(30-36)34-24-26-35(27-25-34)49-52-50(54-51(53-49)39-28-29-44-43-20-6-9-23-47(43)56-48(44)32-39)38-16-11-17-40(31-38)55-45-21-7-4-18-41(45)42-19-5-8-22-46(42)55/h1-32H. The van der Waals surface area contributed by atoms with Crippen molar-refractivity contribution < 1.29 is 4.42 Å². The van der Waals surface area contributed by atoms with E-state index in [0.717, 1.165) is 66.5 Å². The Labute approximate surface area is 322 Å². The number of nitrogens with zero attached hydrogens (tertiary/aromatic N) is 4. The second-order valence-electron chi connectivity index (χ2n) is 14.1. The Morgan fingerprint density at radius 3 is 1.50 bits per heavy atom. The molecule has 0 amide bonds. The summed E-state index contributed by atoms with van der Waals surface area (Å²) in [6, 6.07) is 67.5. The zero-order valence-electron chi connectivity index (χ0n) is 30.2. The van der Waals surface area contributed by atoms with Crippen molar-refractivity contribution in [2.45, 2.75) is 0 Å². The highest BCUT2D eigenvalue weighted by Crippen LogP contribution is 2.36. The van der Waals surface area contributed by atoms with E-state index in [4.69, 9.17) is 19.4 Å². The summed E-state index contributed by atoms with van der Waals surface area (Å²) in [5.74, 6) is 1.77. The largest absolute Gasteiger partial charge is 0.456 e. The molecule has 0 unspecified atom stereocenters. The summed E-state index contributed by atoms with van der Waals surface area (Å²) in [5.41, 5.74) is 12.3. The first-order valence-corrected chi connectivity index (χ1v) is 18.8. The Kier molecular flexibility index (Phi) is 7.42. The fourth-order valence-corrected chi connectivity index (χ4v) is 7.93.